The summed E-state index contributed by atoms with van der Waals surface area (Å²) in [5.41, 5.74) is 1.81. The summed E-state index contributed by atoms with van der Waals surface area (Å²) in [7, 11) is 5.84. The van der Waals surface area contributed by atoms with E-state index in [4.69, 9.17) is 14.7 Å². The predicted molar refractivity (Wildman–Crippen MR) is 141 cm³/mol. The van der Waals surface area contributed by atoms with Crippen LogP contribution in [0.3, 0.4) is 0 Å². The first-order valence-corrected chi connectivity index (χ1v) is 12.7. The van der Waals surface area contributed by atoms with Gasteiger partial charge in [0.15, 0.2) is 0 Å². The molecule has 34 heavy (non-hydrogen) atoms. The molecule has 1 aromatic carbocycles. The van der Waals surface area contributed by atoms with Crippen molar-refractivity contribution >= 4 is 22.7 Å². The smallest absolute Gasteiger partial charge is 0.227 e. The zero-order chi connectivity index (χ0) is 24.1. The fraction of sp³-hybridized carbons (Fsp3) is 0.630. The summed E-state index contributed by atoms with van der Waals surface area (Å²) >= 11 is 0. The number of anilines is 2. The average Bonchev–Trinajstić information content (AvgIpc) is 3.36. The number of nitrogens with zero attached hydrogens (tertiary/aromatic N) is 5. The van der Waals surface area contributed by atoms with E-state index in [1.54, 1.807) is 7.11 Å². The van der Waals surface area contributed by atoms with Crippen LogP contribution < -0.4 is 15.0 Å². The second-order valence-corrected chi connectivity index (χ2v) is 10.0. The SMILES string of the molecule is COc1cc2c(NC3CCN(C(C)C)CC3)nc(N3CCCC3)nc2cc1C#CCCN(C)C. The number of benzene rings is 1. The fourth-order valence-electron chi connectivity index (χ4n) is 4.77. The van der Waals surface area contributed by atoms with Crippen LogP contribution in [0.15, 0.2) is 12.1 Å². The van der Waals surface area contributed by atoms with Crippen molar-refractivity contribution in [2.45, 2.75) is 58.0 Å². The third kappa shape index (κ3) is 5.92. The molecule has 2 aliphatic rings. The predicted octanol–water partition coefficient (Wildman–Crippen LogP) is 3.83. The number of hydrogen-bond acceptors (Lipinski definition) is 7. The molecule has 0 unspecified atom stereocenters. The number of methoxy groups -OCH3 is 1. The molecule has 0 bridgehead atoms. The number of likely N-dealkylation sites (tertiary alicyclic amines) is 1. The van der Waals surface area contributed by atoms with Crippen LogP contribution in [0.1, 0.15) is 51.5 Å². The number of fused-ring (bicyclic) bond motifs is 1. The molecule has 0 aliphatic carbocycles. The van der Waals surface area contributed by atoms with Crippen LogP contribution in [0.4, 0.5) is 11.8 Å². The van der Waals surface area contributed by atoms with Crippen LogP contribution in [0.2, 0.25) is 0 Å². The lowest BCUT2D eigenvalue weighted by atomic mass is 10.0. The molecule has 1 aromatic heterocycles. The maximum absolute atomic E-state index is 5.73. The largest absolute Gasteiger partial charge is 0.495 e. The van der Waals surface area contributed by atoms with E-state index in [1.807, 2.05) is 0 Å². The molecule has 2 aliphatic heterocycles. The molecule has 7 nitrogen and oxygen atoms in total. The van der Waals surface area contributed by atoms with Crippen LogP contribution in [0.25, 0.3) is 10.9 Å². The van der Waals surface area contributed by atoms with Crippen LogP contribution in [0, 0.1) is 11.8 Å². The molecular weight excluding hydrogens is 424 g/mol. The van der Waals surface area contributed by atoms with Gasteiger partial charge in [0.25, 0.3) is 0 Å². The van der Waals surface area contributed by atoms with Gasteiger partial charge in [-0.05, 0) is 65.8 Å². The topological polar surface area (TPSA) is 56.8 Å². The molecule has 2 saturated heterocycles. The molecular formula is C27H40N6O. The summed E-state index contributed by atoms with van der Waals surface area (Å²) < 4.78 is 5.73. The number of aromatic nitrogens is 2. The highest BCUT2D eigenvalue weighted by atomic mass is 16.5. The zero-order valence-electron chi connectivity index (χ0n) is 21.5. The summed E-state index contributed by atoms with van der Waals surface area (Å²) in [4.78, 5) is 17.0. The molecule has 2 fully saturated rings. The fourth-order valence-corrected chi connectivity index (χ4v) is 4.77. The van der Waals surface area contributed by atoms with Gasteiger partial charge in [-0.15, -0.1) is 0 Å². The van der Waals surface area contributed by atoms with Crippen LogP contribution >= 0.6 is 0 Å². The molecule has 0 amide bonds. The van der Waals surface area contributed by atoms with Gasteiger partial charge in [0.2, 0.25) is 5.95 Å². The summed E-state index contributed by atoms with van der Waals surface area (Å²) in [6, 6.07) is 5.15. The molecule has 4 rings (SSSR count). The molecule has 7 heteroatoms. The van der Waals surface area contributed by atoms with Crippen molar-refractivity contribution in [3.8, 4) is 17.6 Å². The van der Waals surface area contributed by atoms with Crippen molar-refractivity contribution in [3.05, 3.63) is 17.7 Å². The van der Waals surface area contributed by atoms with E-state index >= 15 is 0 Å². The number of hydrogen-bond donors (Lipinski definition) is 1. The van der Waals surface area contributed by atoms with E-state index < -0.39 is 0 Å². The Hall–Kier alpha value is -2.56. The van der Waals surface area contributed by atoms with Gasteiger partial charge in [0.1, 0.15) is 11.6 Å². The molecule has 0 spiro atoms. The molecule has 1 N–H and O–H groups in total. The Bertz CT molecular complexity index is 1030. The summed E-state index contributed by atoms with van der Waals surface area (Å²) in [6.07, 6.45) is 5.45. The van der Waals surface area contributed by atoms with Gasteiger partial charge >= 0.3 is 0 Å². The van der Waals surface area contributed by atoms with E-state index in [1.165, 1.54) is 12.8 Å². The van der Waals surface area contributed by atoms with Gasteiger partial charge in [-0.25, -0.2) is 4.98 Å². The van der Waals surface area contributed by atoms with Crippen LogP contribution in [0.5, 0.6) is 5.75 Å². The van der Waals surface area contributed by atoms with E-state index in [2.05, 4.69) is 71.9 Å². The van der Waals surface area contributed by atoms with E-state index in [9.17, 15) is 0 Å². The minimum absolute atomic E-state index is 0.413. The van der Waals surface area contributed by atoms with Gasteiger partial charge in [-0.1, -0.05) is 11.8 Å². The summed E-state index contributed by atoms with van der Waals surface area (Å²) in [5.74, 6) is 9.12. The minimum atomic E-state index is 0.413. The quantitative estimate of drug-likeness (QED) is 0.625. The number of rotatable bonds is 7. The third-order valence-electron chi connectivity index (χ3n) is 6.90. The van der Waals surface area contributed by atoms with Gasteiger partial charge in [0.05, 0.1) is 18.2 Å². The Balaban J connectivity index is 1.66. The Labute approximate surface area is 204 Å². The van der Waals surface area contributed by atoms with Crippen molar-refractivity contribution in [1.29, 1.82) is 0 Å². The highest BCUT2D eigenvalue weighted by Crippen LogP contribution is 2.32. The summed E-state index contributed by atoms with van der Waals surface area (Å²) in [5, 5.41) is 4.79. The second-order valence-electron chi connectivity index (χ2n) is 10.0. The number of piperidine rings is 1. The van der Waals surface area contributed by atoms with Crippen molar-refractivity contribution in [3.63, 3.8) is 0 Å². The Morgan fingerprint density at radius 2 is 1.85 bits per heavy atom. The van der Waals surface area contributed by atoms with E-state index in [-0.39, 0.29) is 0 Å². The number of nitrogens with one attached hydrogen (secondary N) is 1. The van der Waals surface area contributed by atoms with Gasteiger partial charge in [-0.3, -0.25) is 0 Å². The molecule has 184 valence electrons. The first-order valence-electron chi connectivity index (χ1n) is 12.7. The van der Waals surface area contributed by atoms with Gasteiger partial charge < -0.3 is 24.8 Å². The first kappa shape index (κ1) is 24.6. The second kappa shape index (κ2) is 11.2. The van der Waals surface area contributed by atoms with Crippen molar-refractivity contribution in [2.75, 3.05) is 64.1 Å². The molecule has 3 heterocycles. The van der Waals surface area contributed by atoms with Crippen molar-refractivity contribution < 1.29 is 4.74 Å². The Morgan fingerprint density at radius 3 is 2.50 bits per heavy atom. The van der Waals surface area contributed by atoms with Crippen molar-refractivity contribution in [2.24, 2.45) is 0 Å². The van der Waals surface area contributed by atoms with Crippen molar-refractivity contribution in [1.82, 2.24) is 19.8 Å². The van der Waals surface area contributed by atoms with Gasteiger partial charge in [-0.2, -0.15) is 4.98 Å². The molecule has 0 atom stereocenters. The van der Waals surface area contributed by atoms with Crippen LogP contribution in [-0.2, 0) is 0 Å². The summed E-state index contributed by atoms with van der Waals surface area (Å²) in [6.45, 7) is 9.77. The normalized spacial score (nSPS) is 17.4. The van der Waals surface area contributed by atoms with E-state index in [0.717, 1.165) is 86.0 Å². The maximum Gasteiger partial charge on any atom is 0.227 e. The highest BCUT2D eigenvalue weighted by molar-refractivity contribution is 5.93. The molecule has 0 saturated carbocycles. The third-order valence-corrected chi connectivity index (χ3v) is 6.90. The Kier molecular flexibility index (Phi) is 8.12. The van der Waals surface area contributed by atoms with E-state index in [0.29, 0.717) is 12.1 Å². The molecule has 0 radical (unpaired) electrons. The first-order chi connectivity index (χ1) is 16.4. The number of ether oxygens (including phenoxy) is 1. The average molecular weight is 465 g/mol. The Morgan fingerprint density at radius 1 is 1.12 bits per heavy atom. The highest BCUT2D eigenvalue weighted by Gasteiger charge is 2.24. The maximum atomic E-state index is 5.73. The molecule has 2 aromatic rings. The lowest BCUT2D eigenvalue weighted by Gasteiger charge is -2.35. The lowest BCUT2D eigenvalue weighted by Crippen LogP contribution is -2.42. The standard InChI is InChI=1S/C27H40N6O/c1-20(2)32-16-11-22(12-17-32)28-26-23-19-25(34-5)21(10-6-7-13-31(3)4)18-24(23)29-27(30-26)33-14-8-9-15-33/h18-20,22H,7-9,11-17H2,1-5H3,(H,28,29,30). The zero-order valence-corrected chi connectivity index (χ0v) is 21.5. The van der Waals surface area contributed by atoms with Gasteiger partial charge in [0, 0.05) is 56.6 Å². The monoisotopic (exact) mass is 464 g/mol. The minimum Gasteiger partial charge on any atom is -0.495 e. The lowest BCUT2D eigenvalue weighted by molar-refractivity contribution is 0.177. The van der Waals surface area contributed by atoms with Crippen LogP contribution in [-0.4, -0.2) is 85.8 Å².